The Morgan fingerprint density at radius 3 is 2.96 bits per heavy atom. The molecule has 0 spiro atoms. The summed E-state index contributed by atoms with van der Waals surface area (Å²) in [6.07, 6.45) is 3.42. The lowest BCUT2D eigenvalue weighted by Gasteiger charge is -2.23. The van der Waals surface area contributed by atoms with Gasteiger partial charge in [-0.25, -0.2) is 9.97 Å². The van der Waals surface area contributed by atoms with Gasteiger partial charge in [-0.3, -0.25) is 4.79 Å². The van der Waals surface area contributed by atoms with Crippen molar-refractivity contribution in [2.24, 2.45) is 5.92 Å². The van der Waals surface area contributed by atoms with Crippen LogP contribution in [-0.2, 0) is 33.7 Å². The number of thiophene rings is 1. The minimum Gasteiger partial charge on any atom is -0.465 e. The molecule has 8 heteroatoms. The second kappa shape index (κ2) is 9.07. The zero-order valence-corrected chi connectivity index (χ0v) is 18.2. The van der Waals surface area contributed by atoms with E-state index in [-0.39, 0.29) is 5.97 Å². The van der Waals surface area contributed by atoms with Crippen LogP contribution in [0.25, 0.3) is 10.2 Å². The SMILES string of the molecule is CCOC(=O)CSc1nc(C[NH+]2CCOCC2)nc2sc3c(c12)CC[C@H](C)C3. The fraction of sp³-hybridized carbons (Fsp3) is 0.650. The summed E-state index contributed by atoms with van der Waals surface area (Å²) in [4.78, 5) is 25.8. The summed E-state index contributed by atoms with van der Waals surface area (Å²) in [7, 11) is 0. The van der Waals surface area contributed by atoms with Gasteiger partial charge in [0.05, 0.1) is 25.6 Å². The molecule has 2 aromatic heterocycles. The van der Waals surface area contributed by atoms with Gasteiger partial charge in [0.15, 0.2) is 5.82 Å². The van der Waals surface area contributed by atoms with Crippen LogP contribution in [0.4, 0.5) is 0 Å². The standard InChI is InChI=1S/C20H27N3O3S2/c1-3-26-17(24)12-27-19-18-14-5-4-13(2)10-15(14)28-20(18)22-16(21-19)11-23-6-8-25-9-7-23/h13H,3-12H2,1-2H3/p+1/t13-/m0/s1. The monoisotopic (exact) mass is 422 g/mol. The maximum Gasteiger partial charge on any atom is 0.316 e. The summed E-state index contributed by atoms with van der Waals surface area (Å²) in [5.41, 5.74) is 1.41. The number of ether oxygens (including phenoxy) is 2. The van der Waals surface area contributed by atoms with Gasteiger partial charge in [0.2, 0.25) is 0 Å². The third kappa shape index (κ3) is 4.50. The summed E-state index contributed by atoms with van der Waals surface area (Å²) in [5.74, 6) is 1.71. The number of fused-ring (bicyclic) bond motifs is 3. The van der Waals surface area contributed by atoms with Crippen LogP contribution in [0.1, 0.15) is 36.5 Å². The topological polar surface area (TPSA) is 65.8 Å². The zero-order chi connectivity index (χ0) is 19.5. The number of nitrogens with zero attached hydrogens (tertiary/aromatic N) is 2. The molecule has 1 saturated heterocycles. The van der Waals surface area contributed by atoms with E-state index in [9.17, 15) is 4.79 Å². The Hall–Kier alpha value is -1.22. The lowest BCUT2D eigenvalue weighted by atomic mass is 9.89. The number of rotatable bonds is 6. The number of thioether (sulfide) groups is 1. The molecule has 4 rings (SSSR count). The summed E-state index contributed by atoms with van der Waals surface area (Å²) in [6, 6.07) is 0. The number of esters is 1. The molecule has 6 nitrogen and oxygen atoms in total. The van der Waals surface area contributed by atoms with Gasteiger partial charge in [0.25, 0.3) is 0 Å². The molecule has 0 bridgehead atoms. The van der Waals surface area contributed by atoms with Gasteiger partial charge in [-0.05, 0) is 37.7 Å². The van der Waals surface area contributed by atoms with Gasteiger partial charge in [-0.2, -0.15) is 0 Å². The Labute approximate surface area is 174 Å². The van der Waals surface area contributed by atoms with Crippen LogP contribution in [0.3, 0.4) is 0 Å². The Balaban J connectivity index is 1.66. The molecule has 1 atom stereocenters. The van der Waals surface area contributed by atoms with Crippen molar-refractivity contribution in [2.75, 3.05) is 38.7 Å². The predicted octanol–water partition coefficient (Wildman–Crippen LogP) is 1.89. The molecule has 1 aliphatic carbocycles. The van der Waals surface area contributed by atoms with Crippen LogP contribution in [0, 0.1) is 5.92 Å². The van der Waals surface area contributed by atoms with E-state index in [1.54, 1.807) is 0 Å². The van der Waals surface area contributed by atoms with Crippen LogP contribution >= 0.6 is 23.1 Å². The summed E-state index contributed by atoms with van der Waals surface area (Å²) in [6.45, 7) is 8.96. The molecule has 1 N–H and O–H groups in total. The summed E-state index contributed by atoms with van der Waals surface area (Å²) < 4.78 is 10.6. The lowest BCUT2D eigenvalue weighted by Crippen LogP contribution is -3.12. The van der Waals surface area contributed by atoms with Crippen LogP contribution < -0.4 is 4.90 Å². The van der Waals surface area contributed by atoms with Crippen molar-refractivity contribution in [3.63, 3.8) is 0 Å². The van der Waals surface area contributed by atoms with Crippen LogP contribution in [0.2, 0.25) is 0 Å². The van der Waals surface area contributed by atoms with Crippen molar-refractivity contribution in [1.82, 2.24) is 9.97 Å². The van der Waals surface area contributed by atoms with E-state index >= 15 is 0 Å². The first-order valence-corrected chi connectivity index (χ1v) is 11.9. The molecule has 0 saturated carbocycles. The van der Waals surface area contributed by atoms with Crippen molar-refractivity contribution in [2.45, 2.75) is 44.7 Å². The Morgan fingerprint density at radius 2 is 2.18 bits per heavy atom. The minimum absolute atomic E-state index is 0.183. The van der Waals surface area contributed by atoms with E-state index in [0.29, 0.717) is 12.4 Å². The normalized spacial score (nSPS) is 20.3. The number of hydrogen-bond donors (Lipinski definition) is 1. The Bertz CT molecular complexity index is 849. The fourth-order valence-electron chi connectivity index (χ4n) is 3.92. The highest BCUT2D eigenvalue weighted by atomic mass is 32.2. The fourth-order valence-corrected chi connectivity index (χ4v) is 6.26. The van der Waals surface area contributed by atoms with E-state index in [4.69, 9.17) is 19.4 Å². The number of carbonyl (C=O) groups is 1. The smallest absolute Gasteiger partial charge is 0.316 e. The highest BCUT2D eigenvalue weighted by molar-refractivity contribution is 8.00. The molecule has 2 aromatic rings. The van der Waals surface area contributed by atoms with Crippen molar-refractivity contribution in [3.8, 4) is 0 Å². The van der Waals surface area contributed by atoms with E-state index in [1.165, 1.54) is 38.9 Å². The van der Waals surface area contributed by atoms with Crippen LogP contribution in [0.5, 0.6) is 0 Å². The number of aromatic nitrogens is 2. The molecular formula is C20H28N3O3S2+. The molecule has 3 heterocycles. The van der Waals surface area contributed by atoms with E-state index in [0.717, 1.165) is 67.3 Å². The average molecular weight is 423 g/mol. The zero-order valence-electron chi connectivity index (χ0n) is 16.6. The molecule has 152 valence electrons. The highest BCUT2D eigenvalue weighted by Gasteiger charge is 2.25. The first-order chi connectivity index (χ1) is 13.6. The van der Waals surface area contributed by atoms with Gasteiger partial charge in [-0.1, -0.05) is 18.7 Å². The molecule has 2 aliphatic rings. The molecular weight excluding hydrogens is 394 g/mol. The average Bonchev–Trinajstić information content (AvgIpc) is 3.04. The third-order valence-corrected chi connectivity index (χ3v) is 7.51. The quantitative estimate of drug-likeness (QED) is 0.436. The first-order valence-electron chi connectivity index (χ1n) is 10.1. The second-order valence-electron chi connectivity index (χ2n) is 7.61. The Morgan fingerprint density at radius 1 is 1.36 bits per heavy atom. The number of nitrogens with one attached hydrogen (secondary N) is 1. The molecule has 0 radical (unpaired) electrons. The van der Waals surface area contributed by atoms with Gasteiger partial charge < -0.3 is 14.4 Å². The maximum absolute atomic E-state index is 11.9. The molecule has 1 fully saturated rings. The number of carbonyl (C=O) groups excluding carboxylic acids is 1. The summed E-state index contributed by atoms with van der Waals surface area (Å²) in [5, 5.41) is 2.13. The van der Waals surface area contributed by atoms with E-state index in [1.807, 2.05) is 18.3 Å². The van der Waals surface area contributed by atoms with Gasteiger partial charge in [0.1, 0.15) is 29.5 Å². The minimum atomic E-state index is -0.183. The van der Waals surface area contributed by atoms with Gasteiger partial charge >= 0.3 is 5.97 Å². The molecule has 0 unspecified atom stereocenters. The van der Waals surface area contributed by atoms with Crippen molar-refractivity contribution in [3.05, 3.63) is 16.3 Å². The van der Waals surface area contributed by atoms with E-state index in [2.05, 4.69) is 6.92 Å². The van der Waals surface area contributed by atoms with Gasteiger partial charge in [0, 0.05) is 10.3 Å². The molecule has 0 amide bonds. The third-order valence-electron chi connectivity index (χ3n) is 5.41. The number of quaternary nitrogens is 1. The van der Waals surface area contributed by atoms with Crippen molar-refractivity contribution >= 4 is 39.3 Å². The largest absolute Gasteiger partial charge is 0.465 e. The first kappa shape index (κ1) is 20.1. The van der Waals surface area contributed by atoms with Crippen molar-refractivity contribution < 1.29 is 19.2 Å². The molecule has 28 heavy (non-hydrogen) atoms. The van der Waals surface area contributed by atoms with Crippen LogP contribution in [-0.4, -0.2) is 54.6 Å². The molecule has 0 aromatic carbocycles. The maximum atomic E-state index is 11.9. The van der Waals surface area contributed by atoms with Gasteiger partial charge in [-0.15, -0.1) is 11.3 Å². The predicted molar refractivity (Wildman–Crippen MR) is 111 cm³/mol. The van der Waals surface area contributed by atoms with Crippen LogP contribution in [0.15, 0.2) is 5.03 Å². The Kier molecular flexibility index (Phi) is 6.50. The number of aryl methyl sites for hydroxylation is 1. The summed E-state index contributed by atoms with van der Waals surface area (Å²) >= 11 is 3.32. The number of morpholine rings is 1. The van der Waals surface area contributed by atoms with E-state index < -0.39 is 0 Å². The molecule has 1 aliphatic heterocycles. The second-order valence-corrected chi connectivity index (χ2v) is 9.66. The number of hydrogen-bond acceptors (Lipinski definition) is 7. The lowest BCUT2D eigenvalue weighted by molar-refractivity contribution is -0.922. The highest BCUT2D eigenvalue weighted by Crippen LogP contribution is 2.40. The van der Waals surface area contributed by atoms with Crippen molar-refractivity contribution in [1.29, 1.82) is 0 Å².